The Hall–Kier alpha value is -2.44. The summed E-state index contributed by atoms with van der Waals surface area (Å²) in [6, 6.07) is 2.48. The van der Waals surface area contributed by atoms with E-state index in [1.165, 1.54) is 13.2 Å². The van der Waals surface area contributed by atoms with Gasteiger partial charge in [0, 0.05) is 37.1 Å². The summed E-state index contributed by atoms with van der Waals surface area (Å²) in [5, 5.41) is 23.4. The van der Waals surface area contributed by atoms with Crippen molar-refractivity contribution in [1.29, 1.82) is 0 Å². The number of carbonyl (C=O) groups excluding carboxylic acids is 3. The first-order valence-corrected chi connectivity index (χ1v) is 14.4. The number of benzene rings is 1. The summed E-state index contributed by atoms with van der Waals surface area (Å²) in [6.07, 6.45) is 5.57. The molecule has 39 heavy (non-hydrogen) atoms. The summed E-state index contributed by atoms with van der Waals surface area (Å²) in [5.41, 5.74) is 0.767. The molecular formula is C29H41IN2O7. The van der Waals surface area contributed by atoms with Crippen molar-refractivity contribution in [1.82, 2.24) is 10.2 Å². The zero-order valence-corrected chi connectivity index (χ0v) is 25.2. The standard InChI is InChI=1S/C29H41IN2O7/c1-5-6-7-8-9-26(35)32(12-10-19(2)3)23-16-21(29(37)31-11-13-33)17-24(27(23)36)39-28-22(30)14-20(18-34)15-25(28)38-4/h5,14-15,17-19,23-24,27,33,36H,1,6-13,16H2,2-4H3,(H,31,37)/t23-,24+,27+/m1/s1. The Morgan fingerprint density at radius 1 is 1.31 bits per heavy atom. The molecule has 10 heteroatoms. The van der Waals surface area contributed by atoms with Crippen LogP contribution in [-0.2, 0) is 9.59 Å². The quantitative estimate of drug-likeness (QED) is 0.107. The maximum absolute atomic E-state index is 13.4. The molecule has 1 aliphatic carbocycles. The van der Waals surface area contributed by atoms with Crippen molar-refractivity contribution in [2.75, 3.05) is 26.8 Å². The molecule has 1 aromatic rings. The summed E-state index contributed by atoms with van der Waals surface area (Å²) < 4.78 is 12.3. The molecule has 216 valence electrons. The number of allylic oxidation sites excluding steroid dienone is 1. The Balaban J connectivity index is 2.46. The van der Waals surface area contributed by atoms with Gasteiger partial charge in [-0.15, -0.1) is 6.58 Å². The number of aldehydes is 1. The summed E-state index contributed by atoms with van der Waals surface area (Å²) in [7, 11) is 1.45. The van der Waals surface area contributed by atoms with Crippen LogP contribution >= 0.6 is 22.6 Å². The van der Waals surface area contributed by atoms with Crippen LogP contribution < -0.4 is 14.8 Å². The van der Waals surface area contributed by atoms with Gasteiger partial charge in [0.15, 0.2) is 11.5 Å². The van der Waals surface area contributed by atoms with E-state index in [0.717, 1.165) is 19.3 Å². The van der Waals surface area contributed by atoms with Gasteiger partial charge in [0.1, 0.15) is 18.5 Å². The lowest BCUT2D eigenvalue weighted by molar-refractivity contribution is -0.139. The monoisotopic (exact) mass is 656 g/mol. The van der Waals surface area contributed by atoms with Crippen molar-refractivity contribution in [3.8, 4) is 11.5 Å². The summed E-state index contributed by atoms with van der Waals surface area (Å²) in [6.45, 7) is 8.17. The number of aliphatic hydroxyl groups excluding tert-OH is 2. The lowest BCUT2D eigenvalue weighted by Crippen LogP contribution is -2.55. The number of nitrogens with zero attached hydrogens (tertiary/aromatic N) is 1. The van der Waals surface area contributed by atoms with Crippen LogP contribution in [0.3, 0.4) is 0 Å². The average molecular weight is 657 g/mol. The van der Waals surface area contributed by atoms with Gasteiger partial charge in [0.25, 0.3) is 0 Å². The van der Waals surface area contributed by atoms with Crippen molar-refractivity contribution < 1.29 is 34.1 Å². The molecule has 3 atom stereocenters. The molecule has 0 aromatic heterocycles. The first-order chi connectivity index (χ1) is 18.7. The third-order valence-corrected chi connectivity index (χ3v) is 7.37. The minimum Gasteiger partial charge on any atom is -0.493 e. The highest BCUT2D eigenvalue weighted by atomic mass is 127. The van der Waals surface area contributed by atoms with Crippen LogP contribution in [0.2, 0.25) is 0 Å². The largest absolute Gasteiger partial charge is 0.493 e. The zero-order chi connectivity index (χ0) is 28.9. The van der Waals surface area contributed by atoms with Crippen LogP contribution in [0.5, 0.6) is 11.5 Å². The molecule has 0 heterocycles. The summed E-state index contributed by atoms with van der Waals surface area (Å²) in [4.78, 5) is 39.4. The van der Waals surface area contributed by atoms with Gasteiger partial charge >= 0.3 is 0 Å². The fourth-order valence-electron chi connectivity index (χ4n) is 4.42. The van der Waals surface area contributed by atoms with E-state index in [4.69, 9.17) is 9.47 Å². The van der Waals surface area contributed by atoms with Crippen molar-refractivity contribution in [2.45, 2.75) is 70.6 Å². The number of ether oxygens (including phenoxy) is 2. The number of hydrogen-bond acceptors (Lipinski definition) is 7. The molecule has 2 amide bonds. The van der Waals surface area contributed by atoms with Gasteiger partial charge in [-0.05, 0) is 72.4 Å². The molecule has 9 nitrogen and oxygen atoms in total. The molecule has 0 saturated carbocycles. The van der Waals surface area contributed by atoms with Crippen LogP contribution in [0.25, 0.3) is 0 Å². The first kappa shape index (κ1) is 32.8. The van der Waals surface area contributed by atoms with Gasteiger partial charge in [-0.3, -0.25) is 14.4 Å². The second-order valence-corrected chi connectivity index (χ2v) is 11.1. The second-order valence-electron chi connectivity index (χ2n) is 9.97. The molecule has 1 aliphatic rings. The van der Waals surface area contributed by atoms with E-state index in [-0.39, 0.29) is 25.5 Å². The molecule has 0 fully saturated rings. The van der Waals surface area contributed by atoms with Gasteiger partial charge in [0.2, 0.25) is 11.8 Å². The number of hydrogen-bond donors (Lipinski definition) is 3. The normalized spacial score (nSPS) is 18.7. The molecule has 0 saturated heterocycles. The molecule has 0 spiro atoms. The van der Waals surface area contributed by atoms with E-state index in [1.54, 1.807) is 17.0 Å². The van der Waals surface area contributed by atoms with Crippen molar-refractivity contribution in [3.63, 3.8) is 0 Å². The Bertz CT molecular complexity index is 1030. The van der Waals surface area contributed by atoms with Crippen LogP contribution in [0.4, 0.5) is 0 Å². The first-order valence-electron chi connectivity index (χ1n) is 13.3. The van der Waals surface area contributed by atoms with E-state index < -0.39 is 24.2 Å². The molecule has 1 aromatic carbocycles. The van der Waals surface area contributed by atoms with E-state index in [2.05, 4.69) is 25.7 Å². The van der Waals surface area contributed by atoms with Gasteiger partial charge in [-0.2, -0.15) is 0 Å². The van der Waals surface area contributed by atoms with E-state index in [9.17, 15) is 24.6 Å². The molecule has 2 rings (SSSR count). The molecular weight excluding hydrogens is 615 g/mol. The third kappa shape index (κ3) is 9.61. The Morgan fingerprint density at radius 3 is 2.67 bits per heavy atom. The second kappa shape index (κ2) is 16.6. The van der Waals surface area contributed by atoms with Gasteiger partial charge in [-0.1, -0.05) is 19.9 Å². The summed E-state index contributed by atoms with van der Waals surface area (Å²) in [5.74, 6) is 0.493. The lowest BCUT2D eigenvalue weighted by Gasteiger charge is -2.41. The van der Waals surface area contributed by atoms with E-state index in [1.807, 2.05) is 28.7 Å². The number of halogens is 1. The van der Waals surface area contributed by atoms with Crippen molar-refractivity contribution >= 4 is 40.7 Å². The third-order valence-electron chi connectivity index (χ3n) is 6.57. The topological polar surface area (TPSA) is 125 Å². The van der Waals surface area contributed by atoms with Crippen molar-refractivity contribution in [3.05, 3.63) is 45.6 Å². The number of aliphatic hydroxyl groups is 2. The molecule has 0 aliphatic heterocycles. The zero-order valence-electron chi connectivity index (χ0n) is 23.0. The maximum Gasteiger partial charge on any atom is 0.247 e. The molecule has 0 radical (unpaired) electrons. The highest BCUT2D eigenvalue weighted by Gasteiger charge is 2.40. The van der Waals surface area contributed by atoms with Crippen LogP contribution in [0, 0.1) is 9.49 Å². The minimum absolute atomic E-state index is 0.0765. The highest BCUT2D eigenvalue weighted by molar-refractivity contribution is 14.1. The number of unbranched alkanes of at least 4 members (excludes halogenated alkanes) is 2. The smallest absolute Gasteiger partial charge is 0.247 e. The van der Waals surface area contributed by atoms with E-state index >= 15 is 0 Å². The van der Waals surface area contributed by atoms with Crippen LogP contribution in [0.1, 0.15) is 62.7 Å². The maximum atomic E-state index is 13.4. The number of rotatable bonds is 16. The van der Waals surface area contributed by atoms with Gasteiger partial charge in [-0.25, -0.2) is 0 Å². The van der Waals surface area contributed by atoms with Gasteiger partial charge < -0.3 is 29.9 Å². The summed E-state index contributed by atoms with van der Waals surface area (Å²) >= 11 is 2.03. The fraction of sp³-hybridized carbons (Fsp3) is 0.552. The SMILES string of the molecule is C=CCCCCC(=O)N(CCC(C)C)[C@@H]1CC(C(=O)NCCO)=C[C@H](Oc2c(I)cc(C=O)cc2OC)[C@H]1O. The Kier molecular flexibility index (Phi) is 14.0. The van der Waals surface area contributed by atoms with Gasteiger partial charge in [0.05, 0.1) is 23.3 Å². The number of methoxy groups -OCH3 is 1. The lowest BCUT2D eigenvalue weighted by atomic mass is 9.87. The molecule has 0 bridgehead atoms. The molecule has 3 N–H and O–H groups in total. The minimum atomic E-state index is -1.13. The number of carbonyl (C=O) groups is 3. The number of nitrogens with one attached hydrogen (secondary N) is 1. The van der Waals surface area contributed by atoms with E-state index in [0.29, 0.717) is 57.8 Å². The predicted octanol–water partition coefficient (Wildman–Crippen LogP) is 3.65. The predicted molar refractivity (Wildman–Crippen MR) is 158 cm³/mol. The van der Waals surface area contributed by atoms with Crippen molar-refractivity contribution in [2.24, 2.45) is 5.92 Å². The Labute approximate surface area is 244 Å². The highest BCUT2D eigenvalue weighted by Crippen LogP contribution is 2.37. The molecule has 0 unspecified atom stereocenters. The Morgan fingerprint density at radius 2 is 2.05 bits per heavy atom. The van der Waals surface area contributed by atoms with Crippen LogP contribution in [-0.4, -0.2) is 78.3 Å². The fourth-order valence-corrected chi connectivity index (χ4v) is 5.17. The van der Waals surface area contributed by atoms with Crippen LogP contribution in [0.15, 0.2) is 36.4 Å². The average Bonchev–Trinajstić information content (AvgIpc) is 2.91. The number of amides is 2.